The van der Waals surface area contributed by atoms with Gasteiger partial charge in [-0.25, -0.2) is 15.0 Å². The summed E-state index contributed by atoms with van der Waals surface area (Å²) in [5.74, 6) is 0.806. The van der Waals surface area contributed by atoms with E-state index in [-0.39, 0.29) is 0 Å². The quantitative estimate of drug-likeness (QED) is 0.431. The average molecular weight is 520 g/mol. The third kappa shape index (κ3) is 3.87. The minimum Gasteiger partial charge on any atom is -0.383 e. The fraction of sp³-hybridized carbons (Fsp3) is 0.292. The molecule has 10 heteroatoms. The topological polar surface area (TPSA) is 112 Å². The van der Waals surface area contributed by atoms with Crippen LogP contribution in [0.25, 0.3) is 33.5 Å². The summed E-state index contributed by atoms with van der Waals surface area (Å²) >= 11 is 3.55. The molecule has 1 spiro atoms. The van der Waals surface area contributed by atoms with Crippen LogP contribution in [0.5, 0.6) is 0 Å². The Hall–Kier alpha value is -3.21. The van der Waals surface area contributed by atoms with E-state index in [1.54, 1.807) is 0 Å². The Labute approximate surface area is 204 Å². The van der Waals surface area contributed by atoms with Crippen LogP contribution in [0.3, 0.4) is 0 Å². The highest BCUT2D eigenvalue weighted by Gasteiger charge is 2.40. The van der Waals surface area contributed by atoms with Crippen molar-refractivity contribution in [2.24, 2.45) is 0 Å². The van der Waals surface area contributed by atoms with E-state index in [1.165, 1.54) is 6.33 Å². The van der Waals surface area contributed by atoms with E-state index in [0.29, 0.717) is 41.5 Å². The Morgan fingerprint density at radius 1 is 0.941 bits per heavy atom. The van der Waals surface area contributed by atoms with E-state index in [0.717, 1.165) is 47.3 Å². The van der Waals surface area contributed by atoms with Crippen molar-refractivity contribution >= 4 is 38.6 Å². The molecular formula is C24H22BrN7O2. The molecule has 2 saturated heterocycles. The van der Waals surface area contributed by atoms with E-state index >= 15 is 0 Å². The summed E-state index contributed by atoms with van der Waals surface area (Å²) in [5.41, 5.74) is 9.93. The van der Waals surface area contributed by atoms with Crippen LogP contribution in [-0.2, 0) is 9.47 Å². The molecule has 0 unspecified atom stereocenters. The van der Waals surface area contributed by atoms with Crippen molar-refractivity contribution < 1.29 is 9.47 Å². The number of anilines is 2. The smallest absolute Gasteiger partial charge is 0.171 e. The molecule has 0 radical (unpaired) electrons. The van der Waals surface area contributed by atoms with Crippen LogP contribution in [0.15, 0.2) is 53.3 Å². The van der Waals surface area contributed by atoms with Crippen LogP contribution in [0, 0.1) is 0 Å². The lowest BCUT2D eigenvalue weighted by atomic mass is 10.0. The Morgan fingerprint density at radius 3 is 2.50 bits per heavy atom. The summed E-state index contributed by atoms with van der Waals surface area (Å²) in [6.45, 7) is 2.97. The van der Waals surface area contributed by atoms with E-state index < -0.39 is 5.79 Å². The van der Waals surface area contributed by atoms with E-state index in [2.05, 4.69) is 41.0 Å². The first-order chi connectivity index (χ1) is 16.6. The van der Waals surface area contributed by atoms with Crippen molar-refractivity contribution in [3.63, 3.8) is 0 Å². The van der Waals surface area contributed by atoms with Gasteiger partial charge >= 0.3 is 0 Å². The zero-order chi connectivity index (χ0) is 23.1. The molecule has 0 amide bonds. The second kappa shape index (κ2) is 8.53. The van der Waals surface area contributed by atoms with E-state index in [1.807, 2.05) is 42.5 Å². The van der Waals surface area contributed by atoms with Gasteiger partial charge in [0.1, 0.15) is 17.8 Å². The number of hydrogen-bond donors (Lipinski definition) is 1. The van der Waals surface area contributed by atoms with Gasteiger partial charge in [-0.15, -0.1) is 10.2 Å². The maximum atomic E-state index is 6.21. The van der Waals surface area contributed by atoms with Crippen LogP contribution in [0.2, 0.25) is 0 Å². The molecule has 2 aliphatic heterocycles. The second-order valence-electron chi connectivity index (χ2n) is 8.39. The molecule has 0 bridgehead atoms. The number of nitrogens with two attached hydrogens (primary N) is 1. The lowest BCUT2D eigenvalue weighted by Crippen LogP contribution is -2.45. The molecule has 0 saturated carbocycles. The summed E-state index contributed by atoms with van der Waals surface area (Å²) in [6, 6.07) is 13.9. The van der Waals surface area contributed by atoms with Gasteiger partial charge in [-0.3, -0.25) is 0 Å². The van der Waals surface area contributed by atoms with E-state index in [4.69, 9.17) is 20.2 Å². The second-order valence-corrected chi connectivity index (χ2v) is 9.31. The van der Waals surface area contributed by atoms with Crippen LogP contribution < -0.4 is 10.6 Å². The molecule has 172 valence electrons. The zero-order valence-electron chi connectivity index (χ0n) is 18.3. The molecule has 4 aromatic rings. The highest BCUT2D eigenvalue weighted by atomic mass is 79.9. The molecule has 9 nitrogen and oxygen atoms in total. The molecule has 3 aromatic heterocycles. The third-order valence-corrected chi connectivity index (χ3v) is 6.84. The first-order valence-electron chi connectivity index (χ1n) is 11.1. The van der Waals surface area contributed by atoms with Crippen molar-refractivity contribution in [1.82, 2.24) is 25.1 Å². The summed E-state index contributed by atoms with van der Waals surface area (Å²) in [5, 5.41) is 9.71. The number of nitrogens with zero attached hydrogens (tertiary/aromatic N) is 6. The lowest BCUT2D eigenvalue weighted by molar-refractivity contribution is -0.169. The summed E-state index contributed by atoms with van der Waals surface area (Å²) in [6.07, 6.45) is 3.06. The monoisotopic (exact) mass is 519 g/mol. The van der Waals surface area contributed by atoms with Gasteiger partial charge in [0.05, 0.1) is 24.3 Å². The fourth-order valence-electron chi connectivity index (χ4n) is 4.60. The van der Waals surface area contributed by atoms with Crippen molar-refractivity contribution in [3.8, 4) is 22.5 Å². The van der Waals surface area contributed by atoms with Crippen LogP contribution in [0.4, 0.5) is 11.6 Å². The maximum Gasteiger partial charge on any atom is 0.171 e. The maximum absolute atomic E-state index is 6.21. The number of aromatic nitrogens is 5. The number of ether oxygens (including phenoxy) is 2. The van der Waals surface area contributed by atoms with Gasteiger partial charge in [0.15, 0.2) is 17.3 Å². The zero-order valence-corrected chi connectivity index (χ0v) is 19.9. The van der Waals surface area contributed by atoms with Crippen molar-refractivity contribution in [2.75, 3.05) is 36.9 Å². The number of hydrogen-bond acceptors (Lipinski definition) is 9. The number of benzene rings is 1. The van der Waals surface area contributed by atoms with Crippen molar-refractivity contribution in [2.45, 2.75) is 18.6 Å². The third-order valence-electron chi connectivity index (χ3n) is 6.34. The largest absolute Gasteiger partial charge is 0.383 e. The predicted molar refractivity (Wildman–Crippen MR) is 132 cm³/mol. The van der Waals surface area contributed by atoms with Crippen LogP contribution in [-0.4, -0.2) is 57.2 Å². The Balaban J connectivity index is 1.33. The number of halogens is 1. The molecule has 5 heterocycles. The first kappa shape index (κ1) is 21.3. The molecule has 34 heavy (non-hydrogen) atoms. The molecule has 6 rings (SSSR count). The predicted octanol–water partition coefficient (Wildman–Crippen LogP) is 3.84. The fourth-order valence-corrected chi connectivity index (χ4v) is 4.99. The van der Waals surface area contributed by atoms with Gasteiger partial charge in [0.25, 0.3) is 0 Å². The van der Waals surface area contributed by atoms with Gasteiger partial charge in [-0.05, 0) is 41.5 Å². The first-order valence-corrected chi connectivity index (χ1v) is 11.9. The Bertz CT molecular complexity index is 1350. The molecule has 2 aliphatic rings. The van der Waals surface area contributed by atoms with Crippen molar-refractivity contribution in [3.05, 3.63) is 53.3 Å². The SMILES string of the molecule is Nc1ncnc2nc(-c3ccc(N4CCC5(CC4)OCCO5)nn3)cc(-c3cccc(Br)c3)c12. The lowest BCUT2D eigenvalue weighted by Gasteiger charge is -2.37. The highest BCUT2D eigenvalue weighted by molar-refractivity contribution is 9.10. The van der Waals surface area contributed by atoms with Crippen LogP contribution in [0.1, 0.15) is 12.8 Å². The van der Waals surface area contributed by atoms with Crippen LogP contribution >= 0.6 is 15.9 Å². The van der Waals surface area contributed by atoms with Crippen molar-refractivity contribution in [1.29, 1.82) is 0 Å². The summed E-state index contributed by atoms with van der Waals surface area (Å²) in [7, 11) is 0. The molecule has 2 N–H and O–H groups in total. The number of rotatable bonds is 3. The Morgan fingerprint density at radius 2 is 1.76 bits per heavy atom. The summed E-state index contributed by atoms with van der Waals surface area (Å²) < 4.78 is 12.6. The molecule has 1 aromatic carbocycles. The Kier molecular flexibility index (Phi) is 5.35. The number of pyridine rings is 1. The van der Waals surface area contributed by atoms with Gasteiger partial charge in [-0.2, -0.15) is 0 Å². The normalized spacial score (nSPS) is 17.5. The molecular weight excluding hydrogens is 498 g/mol. The minimum absolute atomic E-state index is 0.388. The van der Waals surface area contributed by atoms with Gasteiger partial charge in [0, 0.05) is 30.4 Å². The minimum atomic E-state index is -0.411. The molecule has 0 atom stereocenters. The van der Waals surface area contributed by atoms with Gasteiger partial charge in [-0.1, -0.05) is 28.1 Å². The summed E-state index contributed by atoms with van der Waals surface area (Å²) in [4.78, 5) is 15.5. The number of piperidine rings is 1. The van der Waals surface area contributed by atoms with Gasteiger partial charge < -0.3 is 20.1 Å². The van der Waals surface area contributed by atoms with Gasteiger partial charge in [0.2, 0.25) is 0 Å². The molecule has 2 fully saturated rings. The number of fused-ring (bicyclic) bond motifs is 1. The standard InChI is InChI=1S/C24H22BrN7O2/c25-16-3-1-2-15(12-16)17-13-19(29-23-21(17)22(26)27-14-28-23)18-4-5-20(31-30-18)32-8-6-24(7-9-32)33-10-11-34-24/h1-5,12-14H,6-11H2,(H2,26,27,28,29). The number of nitrogen functional groups attached to an aromatic ring is 1. The highest BCUT2D eigenvalue weighted by Crippen LogP contribution is 2.35. The molecule has 0 aliphatic carbocycles. The average Bonchev–Trinajstić information content (AvgIpc) is 3.32. The van der Waals surface area contributed by atoms with E-state index in [9.17, 15) is 0 Å².